The van der Waals surface area contributed by atoms with Crippen LogP contribution in [-0.4, -0.2) is 20.3 Å². The number of anilines is 1. The predicted octanol–water partition coefficient (Wildman–Crippen LogP) is 3.18. The van der Waals surface area contributed by atoms with Crippen LogP contribution in [0.1, 0.15) is 35.8 Å². The summed E-state index contributed by atoms with van der Waals surface area (Å²) in [5.41, 5.74) is 7.96. The maximum atomic E-state index is 13.2. The Morgan fingerprint density at radius 1 is 1.21 bits per heavy atom. The highest BCUT2D eigenvalue weighted by Gasteiger charge is 2.29. The summed E-state index contributed by atoms with van der Waals surface area (Å²) in [6.07, 6.45) is 7.46. The number of pyridine rings is 1. The molecule has 1 aliphatic heterocycles. The van der Waals surface area contributed by atoms with Gasteiger partial charge in [-0.25, -0.2) is 9.67 Å². The summed E-state index contributed by atoms with van der Waals surface area (Å²) in [7, 11) is 0. The van der Waals surface area contributed by atoms with Gasteiger partial charge in [-0.15, -0.1) is 0 Å². The summed E-state index contributed by atoms with van der Waals surface area (Å²) in [6, 6.07) is 12.8. The number of nitrogens with one attached hydrogen (secondary N) is 1. The van der Waals surface area contributed by atoms with Crippen LogP contribution in [0, 0.1) is 5.92 Å². The van der Waals surface area contributed by atoms with Crippen molar-refractivity contribution in [2.45, 2.75) is 32.7 Å². The average Bonchev–Trinajstić information content (AvgIpc) is 3.35. The van der Waals surface area contributed by atoms with E-state index in [0.29, 0.717) is 24.4 Å². The normalized spacial score (nSPS) is 17.2. The van der Waals surface area contributed by atoms with Gasteiger partial charge in [-0.2, -0.15) is 0 Å². The van der Waals surface area contributed by atoms with E-state index in [0.717, 1.165) is 35.8 Å². The third-order valence-corrected chi connectivity index (χ3v) is 5.98. The Morgan fingerprint density at radius 2 is 2.03 bits per heavy atom. The number of amides is 1. The highest BCUT2D eigenvalue weighted by molar-refractivity contribution is 5.96. The summed E-state index contributed by atoms with van der Waals surface area (Å²) in [5, 5.41) is 2.96. The molecule has 33 heavy (non-hydrogen) atoms. The second-order valence-corrected chi connectivity index (χ2v) is 8.34. The van der Waals surface area contributed by atoms with E-state index in [4.69, 9.17) is 10.5 Å². The molecule has 1 amide bonds. The molecule has 1 atom stereocenters. The van der Waals surface area contributed by atoms with E-state index in [2.05, 4.69) is 10.3 Å². The number of rotatable bonds is 5. The molecular formula is C25H25N5O3. The monoisotopic (exact) mass is 443 g/mol. The first-order chi connectivity index (χ1) is 16.0. The van der Waals surface area contributed by atoms with Crippen LogP contribution in [0.2, 0.25) is 0 Å². The lowest BCUT2D eigenvalue weighted by Gasteiger charge is -2.22. The molecule has 1 aliphatic carbocycles. The summed E-state index contributed by atoms with van der Waals surface area (Å²) >= 11 is 0. The van der Waals surface area contributed by atoms with E-state index in [1.54, 1.807) is 23.0 Å². The Labute approximate surface area is 191 Å². The van der Waals surface area contributed by atoms with Crippen molar-refractivity contribution in [3.63, 3.8) is 0 Å². The van der Waals surface area contributed by atoms with E-state index in [-0.39, 0.29) is 22.9 Å². The zero-order valence-corrected chi connectivity index (χ0v) is 18.3. The Hall–Kier alpha value is -4.07. The minimum Gasteiger partial charge on any atom is -0.461 e. The number of benzene rings is 1. The number of nitrogens with two attached hydrogens (primary N) is 1. The molecule has 8 heteroatoms. The van der Waals surface area contributed by atoms with Gasteiger partial charge in [-0.3, -0.25) is 14.3 Å². The van der Waals surface area contributed by atoms with Crippen molar-refractivity contribution in [2.75, 3.05) is 5.73 Å². The van der Waals surface area contributed by atoms with Crippen LogP contribution >= 0.6 is 0 Å². The molecule has 0 radical (unpaired) electrons. The lowest BCUT2D eigenvalue weighted by Crippen LogP contribution is -2.31. The van der Waals surface area contributed by atoms with Gasteiger partial charge < -0.3 is 15.8 Å². The molecule has 0 saturated carbocycles. The Kier molecular flexibility index (Phi) is 5.34. The highest BCUT2D eigenvalue weighted by Crippen LogP contribution is 2.27. The third-order valence-electron chi connectivity index (χ3n) is 5.98. The SMILES string of the molecule is CC1CC(NC(=O)c2c3n(n(-c4ccccc4)c2=O)CCC3)=CC=C1Oc1ccnc(N)c1. The molecule has 8 nitrogen and oxygen atoms in total. The predicted molar refractivity (Wildman–Crippen MR) is 125 cm³/mol. The van der Waals surface area contributed by atoms with Crippen LogP contribution in [0.15, 0.2) is 77.1 Å². The Bertz CT molecular complexity index is 1330. The Morgan fingerprint density at radius 3 is 2.79 bits per heavy atom. The molecule has 3 N–H and O–H groups in total. The molecule has 0 fully saturated rings. The molecule has 0 bridgehead atoms. The van der Waals surface area contributed by atoms with Crippen LogP contribution < -0.4 is 21.3 Å². The number of fused-ring (bicyclic) bond motifs is 1. The van der Waals surface area contributed by atoms with Crippen LogP contribution in [0.25, 0.3) is 5.69 Å². The first kappa shape index (κ1) is 20.8. The van der Waals surface area contributed by atoms with Crippen LogP contribution in [-0.2, 0) is 13.0 Å². The summed E-state index contributed by atoms with van der Waals surface area (Å²) in [4.78, 5) is 30.4. The minimum atomic E-state index is -0.363. The van der Waals surface area contributed by atoms with Gasteiger partial charge in [0.25, 0.3) is 11.5 Å². The van der Waals surface area contributed by atoms with Crippen molar-refractivity contribution in [2.24, 2.45) is 5.92 Å². The number of aromatic nitrogens is 3. The van der Waals surface area contributed by atoms with Gasteiger partial charge in [0.2, 0.25) is 0 Å². The molecule has 168 valence electrons. The fourth-order valence-corrected chi connectivity index (χ4v) is 4.44. The van der Waals surface area contributed by atoms with E-state index in [1.165, 1.54) is 0 Å². The minimum absolute atomic E-state index is 0.0421. The first-order valence-corrected chi connectivity index (χ1v) is 11.0. The maximum Gasteiger partial charge on any atom is 0.284 e. The van der Waals surface area contributed by atoms with Gasteiger partial charge in [0.1, 0.15) is 22.9 Å². The van der Waals surface area contributed by atoms with E-state index in [1.807, 2.05) is 54.1 Å². The molecule has 1 unspecified atom stereocenters. The van der Waals surface area contributed by atoms with Gasteiger partial charge in [0.15, 0.2) is 0 Å². The first-order valence-electron chi connectivity index (χ1n) is 11.0. The molecule has 2 aliphatic rings. The Balaban J connectivity index is 1.39. The van der Waals surface area contributed by atoms with Crippen molar-refractivity contribution in [3.8, 4) is 11.4 Å². The molecule has 1 aromatic carbocycles. The highest BCUT2D eigenvalue weighted by atomic mass is 16.5. The van der Waals surface area contributed by atoms with E-state index < -0.39 is 0 Å². The van der Waals surface area contributed by atoms with Gasteiger partial charge in [0.05, 0.1) is 11.4 Å². The van der Waals surface area contributed by atoms with Crippen LogP contribution in [0.4, 0.5) is 5.82 Å². The molecular weight excluding hydrogens is 418 g/mol. The average molecular weight is 444 g/mol. The van der Waals surface area contributed by atoms with Crippen molar-refractivity contribution in [1.82, 2.24) is 19.7 Å². The number of nitrogen functional groups attached to an aromatic ring is 1. The molecule has 5 rings (SSSR count). The summed E-state index contributed by atoms with van der Waals surface area (Å²) in [6.45, 7) is 2.74. The topological polar surface area (TPSA) is 104 Å². The third kappa shape index (κ3) is 3.95. The number of hydrogen-bond acceptors (Lipinski definition) is 5. The summed E-state index contributed by atoms with van der Waals surface area (Å²) < 4.78 is 9.49. The molecule has 3 heterocycles. The number of carbonyl (C=O) groups excluding carboxylic acids is 1. The standard InChI is InChI=1S/C25H25N5O3/c1-16-14-17(9-10-21(16)33-19-11-12-27-22(26)15-19)28-24(31)23-20-8-5-13-29(20)30(25(23)32)18-6-3-2-4-7-18/h2-4,6-7,9-12,15-16H,5,8,13-14H2,1H3,(H2,26,27)(H,28,31). The van der Waals surface area contributed by atoms with Crippen LogP contribution in [0.3, 0.4) is 0 Å². The zero-order valence-electron chi connectivity index (χ0n) is 18.3. The number of allylic oxidation sites excluding steroid dienone is 4. The number of hydrogen-bond donors (Lipinski definition) is 2. The number of nitrogens with zero attached hydrogens (tertiary/aromatic N) is 3. The van der Waals surface area contributed by atoms with Gasteiger partial charge in [-0.05, 0) is 49.6 Å². The van der Waals surface area contributed by atoms with Crippen molar-refractivity contribution < 1.29 is 9.53 Å². The number of carbonyl (C=O) groups is 1. The maximum absolute atomic E-state index is 13.2. The van der Waals surface area contributed by atoms with Crippen molar-refractivity contribution in [1.29, 1.82) is 0 Å². The molecule has 2 aromatic heterocycles. The zero-order chi connectivity index (χ0) is 22.9. The fourth-order valence-electron chi connectivity index (χ4n) is 4.44. The molecule has 3 aromatic rings. The van der Waals surface area contributed by atoms with Crippen LogP contribution in [0.5, 0.6) is 5.75 Å². The van der Waals surface area contributed by atoms with Crippen molar-refractivity contribution >= 4 is 11.7 Å². The van der Waals surface area contributed by atoms with Gasteiger partial charge >= 0.3 is 0 Å². The fraction of sp³-hybridized carbons (Fsp3) is 0.240. The smallest absolute Gasteiger partial charge is 0.284 e. The second kappa shape index (κ2) is 8.46. The van der Waals surface area contributed by atoms with Gasteiger partial charge in [0, 0.05) is 30.4 Å². The quantitative estimate of drug-likeness (QED) is 0.630. The number of para-hydroxylation sites is 1. The van der Waals surface area contributed by atoms with E-state index >= 15 is 0 Å². The van der Waals surface area contributed by atoms with Gasteiger partial charge in [-0.1, -0.05) is 25.1 Å². The molecule has 0 saturated heterocycles. The summed E-state index contributed by atoms with van der Waals surface area (Å²) in [5.74, 6) is 1.46. The second-order valence-electron chi connectivity index (χ2n) is 8.34. The number of ether oxygens (including phenoxy) is 1. The lowest BCUT2D eigenvalue weighted by atomic mass is 9.97. The van der Waals surface area contributed by atoms with E-state index in [9.17, 15) is 9.59 Å². The van der Waals surface area contributed by atoms with Crippen molar-refractivity contribution in [3.05, 3.63) is 93.9 Å². The lowest BCUT2D eigenvalue weighted by molar-refractivity contribution is 0.0961. The molecule has 0 spiro atoms. The largest absolute Gasteiger partial charge is 0.461 e.